The number of aldehydes is 1. The number of rotatable bonds is 14. The minimum Gasteiger partial charge on any atom is -0.371 e. The molecule has 2 heteroatoms. The Bertz CT molecular complexity index is 549. The number of hydrogen-bond acceptors (Lipinski definition) is 2. The lowest BCUT2D eigenvalue weighted by atomic mass is 9.74. The Morgan fingerprint density at radius 2 is 1.61 bits per heavy atom. The van der Waals surface area contributed by atoms with Crippen LogP contribution in [0.3, 0.4) is 0 Å². The first kappa shape index (κ1) is 24.7. The molecular weight excluding hydrogens is 342 g/mol. The maximum absolute atomic E-state index is 12.1. The fraction of sp³-hybridized carbons (Fsp3) is 0.731. The van der Waals surface area contributed by atoms with Crippen LogP contribution < -0.4 is 4.90 Å². The molecule has 0 aliphatic rings. The molecule has 0 radical (unpaired) electrons. The first-order valence-electron chi connectivity index (χ1n) is 11.4. The van der Waals surface area contributed by atoms with Crippen molar-refractivity contribution in [1.29, 1.82) is 0 Å². The van der Waals surface area contributed by atoms with Crippen molar-refractivity contribution in [2.24, 2.45) is 22.7 Å². The highest BCUT2D eigenvalue weighted by molar-refractivity contribution is 5.55. The summed E-state index contributed by atoms with van der Waals surface area (Å²) in [5.41, 5.74) is 1.76. The fourth-order valence-electron chi connectivity index (χ4n) is 4.37. The normalized spacial score (nSPS) is 14.5. The van der Waals surface area contributed by atoms with Crippen molar-refractivity contribution in [1.82, 2.24) is 0 Å². The molecule has 1 aromatic carbocycles. The Balaban J connectivity index is 3.08. The van der Waals surface area contributed by atoms with Crippen LogP contribution in [0.5, 0.6) is 0 Å². The third-order valence-corrected chi connectivity index (χ3v) is 6.31. The molecule has 0 aliphatic heterocycles. The van der Waals surface area contributed by atoms with Gasteiger partial charge in [-0.1, -0.05) is 79.5 Å². The van der Waals surface area contributed by atoms with E-state index in [0.29, 0.717) is 5.92 Å². The summed E-state index contributed by atoms with van der Waals surface area (Å²) in [6.45, 7) is 18.1. The van der Waals surface area contributed by atoms with Crippen LogP contribution in [-0.4, -0.2) is 19.4 Å². The first-order chi connectivity index (χ1) is 13.2. The number of nitrogens with zero attached hydrogens (tertiary/aromatic N) is 1. The summed E-state index contributed by atoms with van der Waals surface area (Å²) < 4.78 is 0. The van der Waals surface area contributed by atoms with Crippen molar-refractivity contribution < 1.29 is 4.79 Å². The second-order valence-electron chi connectivity index (χ2n) is 10.2. The second kappa shape index (κ2) is 11.6. The van der Waals surface area contributed by atoms with E-state index in [2.05, 4.69) is 83.7 Å². The zero-order chi connectivity index (χ0) is 21.2. The molecule has 0 saturated heterocycles. The summed E-state index contributed by atoms with van der Waals surface area (Å²) in [5.74, 6) is 0.545. The van der Waals surface area contributed by atoms with E-state index in [0.717, 1.165) is 38.8 Å². The maximum Gasteiger partial charge on any atom is 0.123 e. The molecular formula is C26H45NO. The van der Waals surface area contributed by atoms with Crippen molar-refractivity contribution >= 4 is 12.0 Å². The Labute approximate surface area is 175 Å². The van der Waals surface area contributed by atoms with E-state index < -0.39 is 0 Å². The molecule has 1 aromatic rings. The van der Waals surface area contributed by atoms with Crippen LogP contribution in [0.15, 0.2) is 30.3 Å². The lowest BCUT2D eigenvalue weighted by Crippen LogP contribution is -2.40. The number of benzene rings is 1. The molecule has 0 fully saturated rings. The van der Waals surface area contributed by atoms with Crippen molar-refractivity contribution in [2.75, 3.05) is 18.0 Å². The Kier molecular flexibility index (Phi) is 10.3. The summed E-state index contributed by atoms with van der Waals surface area (Å²) >= 11 is 0. The van der Waals surface area contributed by atoms with Crippen LogP contribution in [0.25, 0.3) is 0 Å². The summed E-state index contributed by atoms with van der Waals surface area (Å²) in [5, 5.41) is 0. The highest BCUT2D eigenvalue weighted by Gasteiger charge is 2.30. The van der Waals surface area contributed by atoms with E-state index in [1.165, 1.54) is 24.8 Å². The van der Waals surface area contributed by atoms with Crippen LogP contribution in [0.2, 0.25) is 0 Å². The fourth-order valence-corrected chi connectivity index (χ4v) is 4.37. The van der Waals surface area contributed by atoms with Gasteiger partial charge in [0, 0.05) is 24.7 Å². The summed E-state index contributed by atoms with van der Waals surface area (Å²) in [6, 6.07) is 10.8. The van der Waals surface area contributed by atoms with Gasteiger partial charge in [-0.15, -0.1) is 0 Å². The molecule has 2 atom stereocenters. The predicted octanol–water partition coefficient (Wildman–Crippen LogP) is 7.38. The average molecular weight is 388 g/mol. The van der Waals surface area contributed by atoms with E-state index >= 15 is 0 Å². The average Bonchev–Trinajstić information content (AvgIpc) is 2.65. The molecule has 0 aliphatic carbocycles. The van der Waals surface area contributed by atoms with Crippen LogP contribution in [-0.2, 0) is 4.79 Å². The van der Waals surface area contributed by atoms with Gasteiger partial charge in [-0.25, -0.2) is 0 Å². The third-order valence-electron chi connectivity index (χ3n) is 6.31. The molecule has 0 saturated carbocycles. The van der Waals surface area contributed by atoms with E-state index in [1.807, 2.05) is 0 Å². The molecule has 2 unspecified atom stereocenters. The van der Waals surface area contributed by atoms with Gasteiger partial charge < -0.3 is 9.69 Å². The topological polar surface area (TPSA) is 20.3 Å². The zero-order valence-electron chi connectivity index (χ0n) is 19.6. The number of para-hydroxylation sites is 1. The lowest BCUT2D eigenvalue weighted by Gasteiger charge is -2.38. The summed E-state index contributed by atoms with van der Waals surface area (Å²) in [7, 11) is 0. The molecule has 1 rings (SSSR count). The second-order valence-corrected chi connectivity index (χ2v) is 10.2. The standard InChI is InChI=1S/C26H45NO/c1-8-14-22(23(20-28)18-26(6,7)17-9-2)19-27(21-25(4,5)10-3)24-15-12-11-13-16-24/h11-13,15-16,20,22-23H,8-10,14,17-19,21H2,1-7H3. The largest absolute Gasteiger partial charge is 0.371 e. The Hall–Kier alpha value is -1.31. The summed E-state index contributed by atoms with van der Waals surface area (Å²) in [4.78, 5) is 14.7. The van der Waals surface area contributed by atoms with E-state index in [4.69, 9.17) is 0 Å². The van der Waals surface area contributed by atoms with Gasteiger partial charge in [-0.05, 0) is 54.6 Å². The van der Waals surface area contributed by atoms with Crippen molar-refractivity contribution in [3.63, 3.8) is 0 Å². The van der Waals surface area contributed by atoms with Crippen molar-refractivity contribution in [3.05, 3.63) is 30.3 Å². The van der Waals surface area contributed by atoms with Gasteiger partial charge in [0.2, 0.25) is 0 Å². The van der Waals surface area contributed by atoms with Gasteiger partial charge in [-0.3, -0.25) is 0 Å². The summed E-state index contributed by atoms with van der Waals surface area (Å²) in [6.07, 6.45) is 8.00. The predicted molar refractivity (Wildman–Crippen MR) is 124 cm³/mol. The number of carbonyl (C=O) groups excluding carboxylic acids is 1. The molecule has 0 bridgehead atoms. The zero-order valence-corrected chi connectivity index (χ0v) is 19.6. The molecule has 0 aromatic heterocycles. The van der Waals surface area contributed by atoms with Crippen LogP contribution in [0.4, 0.5) is 5.69 Å². The van der Waals surface area contributed by atoms with Gasteiger partial charge in [0.25, 0.3) is 0 Å². The molecule has 28 heavy (non-hydrogen) atoms. The number of hydrogen-bond donors (Lipinski definition) is 0. The highest BCUT2D eigenvalue weighted by Crippen LogP contribution is 2.35. The Morgan fingerprint density at radius 3 is 2.11 bits per heavy atom. The molecule has 0 amide bonds. The molecule has 0 N–H and O–H groups in total. The van der Waals surface area contributed by atoms with Crippen LogP contribution in [0, 0.1) is 22.7 Å². The highest BCUT2D eigenvalue weighted by atomic mass is 16.1. The number of anilines is 1. The van der Waals surface area contributed by atoms with Crippen LogP contribution in [0.1, 0.15) is 87.0 Å². The van der Waals surface area contributed by atoms with Gasteiger partial charge in [0.05, 0.1) is 0 Å². The van der Waals surface area contributed by atoms with Gasteiger partial charge in [-0.2, -0.15) is 0 Å². The minimum absolute atomic E-state index is 0.137. The van der Waals surface area contributed by atoms with E-state index in [9.17, 15) is 4.79 Å². The first-order valence-corrected chi connectivity index (χ1v) is 11.4. The molecule has 0 spiro atoms. The quantitative estimate of drug-likeness (QED) is 0.310. The maximum atomic E-state index is 12.1. The van der Waals surface area contributed by atoms with Crippen molar-refractivity contribution in [3.8, 4) is 0 Å². The van der Waals surface area contributed by atoms with Crippen molar-refractivity contribution in [2.45, 2.75) is 87.0 Å². The minimum atomic E-state index is 0.137. The monoisotopic (exact) mass is 387 g/mol. The third kappa shape index (κ3) is 8.37. The number of carbonyl (C=O) groups is 1. The SMILES string of the molecule is CCCC(CN(CC(C)(C)CC)c1ccccc1)C(C=O)CC(C)(C)CCC. The lowest BCUT2D eigenvalue weighted by molar-refractivity contribution is -0.113. The van der Waals surface area contributed by atoms with E-state index in [1.54, 1.807) is 0 Å². The smallest absolute Gasteiger partial charge is 0.123 e. The van der Waals surface area contributed by atoms with Crippen LogP contribution >= 0.6 is 0 Å². The van der Waals surface area contributed by atoms with Gasteiger partial charge in [0.1, 0.15) is 6.29 Å². The van der Waals surface area contributed by atoms with Gasteiger partial charge >= 0.3 is 0 Å². The molecule has 160 valence electrons. The molecule has 0 heterocycles. The molecule has 2 nitrogen and oxygen atoms in total. The van der Waals surface area contributed by atoms with Gasteiger partial charge in [0.15, 0.2) is 0 Å². The Morgan fingerprint density at radius 1 is 0.964 bits per heavy atom. The van der Waals surface area contributed by atoms with E-state index in [-0.39, 0.29) is 16.7 Å².